The van der Waals surface area contributed by atoms with E-state index >= 15 is 0 Å². The Hall–Kier alpha value is -4.07. The number of tetrazole rings is 1. The summed E-state index contributed by atoms with van der Waals surface area (Å²) in [5, 5.41) is 14.5. The highest BCUT2D eigenvalue weighted by atomic mass is 16.5. The Morgan fingerprint density at radius 2 is 1.81 bits per heavy atom. The minimum Gasteiger partial charge on any atom is -0.494 e. The van der Waals surface area contributed by atoms with Crippen LogP contribution < -0.4 is 4.74 Å². The Balaban J connectivity index is 1.49. The van der Waals surface area contributed by atoms with Crippen LogP contribution >= 0.6 is 0 Å². The molecule has 0 bridgehead atoms. The molecule has 0 radical (unpaired) electrons. The Kier molecular flexibility index (Phi) is 5.33. The number of nitrogens with zero attached hydrogens (tertiary/aromatic N) is 6. The molecule has 2 aromatic carbocycles. The third-order valence-corrected chi connectivity index (χ3v) is 5.49. The number of H-pyrrole nitrogens is 1. The van der Waals surface area contributed by atoms with E-state index in [-0.39, 0.29) is 0 Å². The van der Waals surface area contributed by atoms with Gasteiger partial charge >= 0.3 is 0 Å². The number of pyridine rings is 1. The smallest absolute Gasteiger partial charge is 0.205 e. The van der Waals surface area contributed by atoms with Gasteiger partial charge in [-0.25, -0.2) is 9.97 Å². The predicted octanol–water partition coefficient (Wildman–Crippen LogP) is 4.29. The number of hydrogen-bond donors (Lipinski definition) is 1. The zero-order valence-electron chi connectivity index (χ0n) is 18.0. The van der Waals surface area contributed by atoms with Crippen molar-refractivity contribution in [2.24, 2.45) is 0 Å². The molecule has 8 heteroatoms. The van der Waals surface area contributed by atoms with Crippen molar-refractivity contribution in [1.29, 1.82) is 0 Å². The van der Waals surface area contributed by atoms with Crippen molar-refractivity contribution < 1.29 is 4.74 Å². The molecule has 0 saturated heterocycles. The number of nitrogens with one attached hydrogen (secondary N) is 1. The van der Waals surface area contributed by atoms with Gasteiger partial charge in [-0.2, -0.15) is 5.21 Å². The van der Waals surface area contributed by atoms with Crippen molar-refractivity contribution in [3.8, 4) is 28.3 Å². The lowest BCUT2D eigenvalue weighted by atomic mass is 9.98. The number of fused-ring (bicyclic) bond motifs is 1. The fraction of sp³-hybridized carbons (Fsp3) is 0.208. The molecule has 0 unspecified atom stereocenters. The van der Waals surface area contributed by atoms with Crippen LogP contribution in [-0.2, 0) is 13.0 Å². The van der Waals surface area contributed by atoms with Crippen LogP contribution in [0.5, 0.6) is 5.75 Å². The first-order valence-electron chi connectivity index (χ1n) is 10.6. The van der Waals surface area contributed by atoms with Gasteiger partial charge in [-0.15, -0.1) is 10.2 Å². The van der Waals surface area contributed by atoms with Crippen molar-refractivity contribution in [1.82, 2.24) is 35.2 Å². The zero-order chi connectivity index (χ0) is 21.9. The van der Waals surface area contributed by atoms with E-state index in [2.05, 4.69) is 67.4 Å². The highest BCUT2D eigenvalue weighted by Gasteiger charge is 2.16. The Morgan fingerprint density at radius 3 is 2.53 bits per heavy atom. The highest BCUT2D eigenvalue weighted by Crippen LogP contribution is 2.30. The minimum atomic E-state index is 0.582. The second-order valence-electron chi connectivity index (χ2n) is 7.53. The summed E-state index contributed by atoms with van der Waals surface area (Å²) in [5.41, 5.74) is 5.93. The maximum Gasteiger partial charge on any atom is 0.205 e. The number of benzene rings is 2. The summed E-state index contributed by atoms with van der Waals surface area (Å²) < 4.78 is 7.68. The highest BCUT2D eigenvalue weighted by molar-refractivity contribution is 5.80. The molecular weight excluding hydrogens is 402 g/mol. The first-order chi connectivity index (χ1) is 15.8. The van der Waals surface area contributed by atoms with Gasteiger partial charge in [0.1, 0.15) is 17.1 Å². The molecule has 0 aliphatic carbocycles. The Bertz CT molecular complexity index is 1340. The topological polar surface area (TPSA) is 94.4 Å². The molecule has 5 aromatic rings. The van der Waals surface area contributed by atoms with Crippen LogP contribution in [0.25, 0.3) is 33.7 Å². The van der Waals surface area contributed by atoms with Crippen LogP contribution in [0.15, 0.2) is 60.8 Å². The first-order valence-corrected chi connectivity index (χ1v) is 10.6. The van der Waals surface area contributed by atoms with Crippen LogP contribution in [0, 0.1) is 0 Å². The summed E-state index contributed by atoms with van der Waals surface area (Å²) in [6.07, 6.45) is 3.67. The molecule has 3 heterocycles. The quantitative estimate of drug-likeness (QED) is 0.418. The van der Waals surface area contributed by atoms with Gasteiger partial charge in [-0.05, 0) is 28.3 Å². The van der Waals surface area contributed by atoms with E-state index in [1.165, 1.54) is 5.56 Å². The number of aromatic nitrogens is 7. The van der Waals surface area contributed by atoms with Crippen LogP contribution in [0.3, 0.4) is 0 Å². The van der Waals surface area contributed by atoms with Gasteiger partial charge in [0.05, 0.1) is 13.7 Å². The van der Waals surface area contributed by atoms with E-state index in [1.807, 2.05) is 24.3 Å². The van der Waals surface area contributed by atoms with Crippen molar-refractivity contribution in [3.05, 3.63) is 72.2 Å². The van der Waals surface area contributed by atoms with Gasteiger partial charge < -0.3 is 9.30 Å². The third-order valence-electron chi connectivity index (χ3n) is 5.49. The molecule has 0 aliphatic rings. The molecule has 0 saturated carbocycles. The molecule has 0 atom stereocenters. The lowest BCUT2D eigenvalue weighted by molar-refractivity contribution is 0.418. The molecule has 160 valence electrons. The maximum atomic E-state index is 5.50. The standard InChI is InChI=1S/C24H23N7O/c1-3-6-21-26-22-20(32-2)13-14-25-24(22)31(21)15-16-9-11-17(12-10-16)18-7-4-5-8-19(18)23-27-29-30-28-23/h4-5,7-14H,3,6,15H2,1-2H3,(H,27,28,29,30). The SMILES string of the molecule is CCCc1nc2c(OC)ccnc2n1Cc1ccc(-c2ccccc2-c2nn[nH]n2)cc1. The summed E-state index contributed by atoms with van der Waals surface area (Å²) in [7, 11) is 1.67. The predicted molar refractivity (Wildman–Crippen MR) is 122 cm³/mol. The van der Waals surface area contributed by atoms with E-state index in [1.54, 1.807) is 13.3 Å². The van der Waals surface area contributed by atoms with E-state index in [4.69, 9.17) is 9.72 Å². The average molecular weight is 425 g/mol. The number of imidazole rings is 1. The second kappa shape index (κ2) is 8.58. The van der Waals surface area contributed by atoms with Gasteiger partial charge in [-0.1, -0.05) is 55.5 Å². The molecule has 8 nitrogen and oxygen atoms in total. The molecular formula is C24H23N7O. The molecule has 5 rings (SSSR count). The molecule has 1 N–H and O–H groups in total. The third kappa shape index (κ3) is 3.60. The Morgan fingerprint density at radius 1 is 1.00 bits per heavy atom. The summed E-state index contributed by atoms with van der Waals surface area (Å²) >= 11 is 0. The normalized spacial score (nSPS) is 11.2. The lowest BCUT2D eigenvalue weighted by Crippen LogP contribution is -2.06. The van der Waals surface area contributed by atoms with Crippen molar-refractivity contribution in [2.45, 2.75) is 26.3 Å². The number of ether oxygens (including phenoxy) is 1. The molecule has 32 heavy (non-hydrogen) atoms. The lowest BCUT2D eigenvalue weighted by Gasteiger charge is -2.11. The number of rotatable bonds is 7. The molecule has 3 aromatic heterocycles. The molecule has 0 spiro atoms. The van der Waals surface area contributed by atoms with Gasteiger partial charge in [0, 0.05) is 24.2 Å². The molecule has 0 amide bonds. The van der Waals surface area contributed by atoms with Crippen molar-refractivity contribution in [2.75, 3.05) is 7.11 Å². The largest absolute Gasteiger partial charge is 0.494 e. The van der Waals surface area contributed by atoms with Crippen LogP contribution in [0.1, 0.15) is 24.7 Å². The number of aryl methyl sites for hydroxylation is 1. The van der Waals surface area contributed by atoms with E-state index < -0.39 is 0 Å². The van der Waals surface area contributed by atoms with Crippen molar-refractivity contribution >= 4 is 11.2 Å². The molecule has 0 fully saturated rings. The fourth-order valence-corrected chi connectivity index (χ4v) is 3.96. The minimum absolute atomic E-state index is 0.582. The van der Waals surface area contributed by atoms with Gasteiger partial charge in [0.25, 0.3) is 0 Å². The second-order valence-corrected chi connectivity index (χ2v) is 7.53. The summed E-state index contributed by atoms with van der Waals surface area (Å²) in [6, 6.07) is 18.5. The first kappa shape index (κ1) is 19.9. The van der Waals surface area contributed by atoms with Crippen molar-refractivity contribution in [3.63, 3.8) is 0 Å². The summed E-state index contributed by atoms with van der Waals surface area (Å²) in [6.45, 7) is 2.85. The van der Waals surface area contributed by atoms with Crippen LogP contribution in [0.2, 0.25) is 0 Å². The van der Waals surface area contributed by atoms with E-state index in [0.717, 1.165) is 52.3 Å². The molecule has 0 aliphatic heterocycles. The van der Waals surface area contributed by atoms with E-state index in [9.17, 15) is 0 Å². The van der Waals surface area contributed by atoms with Crippen LogP contribution in [0.4, 0.5) is 0 Å². The van der Waals surface area contributed by atoms with Gasteiger partial charge in [-0.3, -0.25) is 0 Å². The Labute approximate surface area is 185 Å². The fourth-order valence-electron chi connectivity index (χ4n) is 3.96. The number of hydrogen-bond acceptors (Lipinski definition) is 6. The number of methoxy groups -OCH3 is 1. The average Bonchev–Trinajstić information content (AvgIpc) is 3.49. The van der Waals surface area contributed by atoms with E-state index in [0.29, 0.717) is 12.4 Å². The van der Waals surface area contributed by atoms with Gasteiger partial charge in [0.2, 0.25) is 5.82 Å². The monoisotopic (exact) mass is 425 g/mol. The maximum absolute atomic E-state index is 5.50. The summed E-state index contributed by atoms with van der Waals surface area (Å²) in [5.74, 6) is 2.35. The summed E-state index contributed by atoms with van der Waals surface area (Å²) in [4.78, 5) is 9.42. The van der Waals surface area contributed by atoms with Gasteiger partial charge in [0.15, 0.2) is 5.65 Å². The zero-order valence-corrected chi connectivity index (χ0v) is 18.0. The van der Waals surface area contributed by atoms with Crippen LogP contribution in [-0.4, -0.2) is 42.3 Å². The number of aromatic amines is 1.